The minimum atomic E-state index is 0.895. The zero-order valence-electron chi connectivity index (χ0n) is 18.0. The zero-order valence-corrected chi connectivity index (χ0v) is 19.6. The smallest absolute Gasteiger partial charge is 0.0459 e. The van der Waals surface area contributed by atoms with E-state index in [4.69, 9.17) is 0 Å². The Bertz CT molecular complexity index is 702. The molecule has 0 spiro atoms. The summed E-state index contributed by atoms with van der Waals surface area (Å²) in [6.45, 7) is 2.30. The number of aryl methyl sites for hydroxylation is 1. The highest BCUT2D eigenvalue weighted by Gasteiger charge is 2.22. The Hall–Kier alpha value is -0.760. The third kappa shape index (κ3) is 6.65. The van der Waals surface area contributed by atoms with E-state index in [1.807, 2.05) is 0 Å². The van der Waals surface area contributed by atoms with Crippen LogP contribution in [0.25, 0.3) is 10.9 Å². The summed E-state index contributed by atoms with van der Waals surface area (Å²) in [5, 5.41) is 1.44. The van der Waals surface area contributed by atoms with Gasteiger partial charge in [0, 0.05) is 21.1 Å². The molecule has 0 fully saturated rings. The number of aromatic nitrogens is 1. The van der Waals surface area contributed by atoms with Crippen molar-refractivity contribution in [1.82, 2.24) is 4.98 Å². The molecule has 0 amide bonds. The Morgan fingerprint density at radius 1 is 0.893 bits per heavy atom. The zero-order chi connectivity index (χ0) is 19.6. The monoisotopic (exact) mass is 445 g/mol. The molecular formula is C26H40BrN. The second-order valence-corrected chi connectivity index (χ2v) is 9.97. The maximum absolute atomic E-state index is 3.70. The number of hydrogen-bond donors (Lipinski definition) is 1. The number of fused-ring (bicyclic) bond motifs is 3. The molecule has 0 bridgehead atoms. The van der Waals surface area contributed by atoms with Crippen molar-refractivity contribution in [1.29, 1.82) is 0 Å². The predicted octanol–water partition coefficient (Wildman–Crippen LogP) is 9.13. The van der Waals surface area contributed by atoms with Gasteiger partial charge in [-0.15, -0.1) is 0 Å². The molecule has 156 valence electrons. The van der Waals surface area contributed by atoms with Crippen LogP contribution in [0.3, 0.4) is 0 Å². The van der Waals surface area contributed by atoms with E-state index in [1.165, 1.54) is 124 Å². The molecule has 0 aliphatic heterocycles. The number of benzene rings is 1. The molecule has 1 atom stereocenters. The summed E-state index contributed by atoms with van der Waals surface area (Å²) < 4.78 is 1.19. The number of halogens is 1. The molecule has 1 nitrogen and oxygen atoms in total. The summed E-state index contributed by atoms with van der Waals surface area (Å²) >= 11 is 3.62. The van der Waals surface area contributed by atoms with Gasteiger partial charge in [0.05, 0.1) is 0 Å². The lowest BCUT2D eigenvalue weighted by atomic mass is 9.84. The van der Waals surface area contributed by atoms with Crippen molar-refractivity contribution in [3.05, 3.63) is 33.9 Å². The van der Waals surface area contributed by atoms with Gasteiger partial charge in [-0.2, -0.15) is 0 Å². The quantitative estimate of drug-likeness (QED) is 0.295. The molecule has 0 radical (unpaired) electrons. The number of unbranched alkanes of at least 4 members (excludes halogenated alkanes) is 11. The van der Waals surface area contributed by atoms with Crippen LogP contribution in [-0.2, 0) is 12.8 Å². The molecule has 1 N–H and O–H groups in total. The Kier molecular flexibility index (Phi) is 9.44. The molecule has 0 saturated carbocycles. The topological polar surface area (TPSA) is 15.8 Å². The van der Waals surface area contributed by atoms with Crippen LogP contribution in [0, 0.1) is 5.92 Å². The highest BCUT2D eigenvalue weighted by atomic mass is 79.9. The van der Waals surface area contributed by atoms with Crippen molar-refractivity contribution in [2.24, 2.45) is 5.92 Å². The van der Waals surface area contributed by atoms with Gasteiger partial charge in [-0.1, -0.05) is 106 Å². The first-order valence-corrected chi connectivity index (χ1v) is 12.9. The summed E-state index contributed by atoms with van der Waals surface area (Å²) in [4.78, 5) is 3.70. The number of hydrogen-bond acceptors (Lipinski definition) is 0. The van der Waals surface area contributed by atoms with E-state index in [0.717, 1.165) is 5.92 Å². The van der Waals surface area contributed by atoms with Gasteiger partial charge >= 0.3 is 0 Å². The Morgan fingerprint density at radius 2 is 1.54 bits per heavy atom. The van der Waals surface area contributed by atoms with Crippen LogP contribution in [0.15, 0.2) is 22.7 Å². The van der Waals surface area contributed by atoms with Crippen LogP contribution in [0.1, 0.15) is 108 Å². The third-order valence-electron chi connectivity index (χ3n) is 6.72. The van der Waals surface area contributed by atoms with Gasteiger partial charge in [-0.05, 0) is 48.9 Å². The molecule has 1 aliphatic carbocycles. The van der Waals surface area contributed by atoms with Crippen LogP contribution in [0.2, 0.25) is 0 Å². The van der Waals surface area contributed by atoms with E-state index >= 15 is 0 Å². The average Bonchev–Trinajstić information content (AvgIpc) is 3.06. The summed E-state index contributed by atoms with van der Waals surface area (Å²) in [6, 6.07) is 6.66. The fourth-order valence-electron chi connectivity index (χ4n) is 5.00. The highest BCUT2D eigenvalue weighted by Crippen LogP contribution is 2.34. The van der Waals surface area contributed by atoms with Gasteiger partial charge < -0.3 is 4.98 Å². The molecule has 2 aromatic rings. The first-order chi connectivity index (χ1) is 13.8. The van der Waals surface area contributed by atoms with Gasteiger partial charge in [0.15, 0.2) is 0 Å². The lowest BCUT2D eigenvalue weighted by Crippen LogP contribution is -2.13. The van der Waals surface area contributed by atoms with Gasteiger partial charge in [0.25, 0.3) is 0 Å². The van der Waals surface area contributed by atoms with E-state index in [-0.39, 0.29) is 0 Å². The second kappa shape index (κ2) is 12.1. The van der Waals surface area contributed by atoms with Gasteiger partial charge in [-0.3, -0.25) is 0 Å². The minimum Gasteiger partial charge on any atom is -0.358 e. The minimum absolute atomic E-state index is 0.895. The molecular weight excluding hydrogens is 406 g/mol. The average molecular weight is 447 g/mol. The molecule has 1 unspecified atom stereocenters. The Morgan fingerprint density at radius 3 is 2.21 bits per heavy atom. The molecule has 2 heteroatoms. The fourth-order valence-corrected chi connectivity index (χ4v) is 5.36. The van der Waals surface area contributed by atoms with Crippen LogP contribution >= 0.6 is 15.9 Å². The van der Waals surface area contributed by atoms with E-state index in [9.17, 15) is 0 Å². The number of rotatable bonds is 13. The standard InChI is InChI=1S/C26H40BrN/c1-2-3-4-5-6-7-8-9-10-11-12-13-14-21-15-17-23-24-20-22(27)16-18-25(24)28-26(23)19-21/h16,18,20-21,28H,2-15,17,19H2,1H3. The maximum Gasteiger partial charge on any atom is 0.0459 e. The maximum atomic E-state index is 3.70. The van der Waals surface area contributed by atoms with E-state index in [1.54, 1.807) is 5.56 Å². The molecule has 1 aromatic heterocycles. The number of H-pyrrole nitrogens is 1. The Labute approximate surface area is 181 Å². The molecule has 28 heavy (non-hydrogen) atoms. The fraction of sp³-hybridized carbons (Fsp3) is 0.692. The van der Waals surface area contributed by atoms with Gasteiger partial charge in [0.1, 0.15) is 0 Å². The van der Waals surface area contributed by atoms with Crippen molar-refractivity contribution in [3.8, 4) is 0 Å². The van der Waals surface area contributed by atoms with Crippen molar-refractivity contribution >= 4 is 26.8 Å². The SMILES string of the molecule is CCCCCCCCCCCCCCC1CCc2c([nH]c3ccc(Br)cc23)C1. The van der Waals surface area contributed by atoms with E-state index < -0.39 is 0 Å². The molecule has 3 rings (SSSR count). The molecule has 1 aliphatic rings. The van der Waals surface area contributed by atoms with E-state index in [2.05, 4.69) is 46.0 Å². The molecule has 1 aromatic carbocycles. The summed E-state index contributed by atoms with van der Waals surface area (Å²) in [5.41, 5.74) is 4.42. The van der Waals surface area contributed by atoms with Crippen molar-refractivity contribution < 1.29 is 0 Å². The van der Waals surface area contributed by atoms with E-state index in [0.29, 0.717) is 0 Å². The van der Waals surface area contributed by atoms with Crippen molar-refractivity contribution in [2.45, 2.75) is 110 Å². The number of nitrogens with one attached hydrogen (secondary N) is 1. The largest absolute Gasteiger partial charge is 0.358 e. The van der Waals surface area contributed by atoms with Crippen LogP contribution in [-0.4, -0.2) is 4.98 Å². The summed E-state index contributed by atoms with van der Waals surface area (Å²) in [6.07, 6.45) is 22.7. The normalized spacial score (nSPS) is 16.6. The van der Waals surface area contributed by atoms with Gasteiger partial charge in [-0.25, -0.2) is 0 Å². The van der Waals surface area contributed by atoms with Crippen LogP contribution < -0.4 is 0 Å². The first-order valence-electron chi connectivity index (χ1n) is 12.1. The van der Waals surface area contributed by atoms with Crippen molar-refractivity contribution in [3.63, 3.8) is 0 Å². The van der Waals surface area contributed by atoms with Crippen molar-refractivity contribution in [2.75, 3.05) is 0 Å². The number of aromatic amines is 1. The van der Waals surface area contributed by atoms with Crippen LogP contribution in [0.4, 0.5) is 0 Å². The summed E-state index contributed by atoms with van der Waals surface area (Å²) in [5.74, 6) is 0.895. The predicted molar refractivity (Wildman–Crippen MR) is 127 cm³/mol. The molecule has 0 saturated heterocycles. The highest BCUT2D eigenvalue weighted by molar-refractivity contribution is 9.10. The third-order valence-corrected chi connectivity index (χ3v) is 7.21. The van der Waals surface area contributed by atoms with Crippen LogP contribution in [0.5, 0.6) is 0 Å². The second-order valence-electron chi connectivity index (χ2n) is 9.06. The Balaban J connectivity index is 1.25. The lowest BCUT2D eigenvalue weighted by molar-refractivity contribution is 0.401. The lowest BCUT2D eigenvalue weighted by Gasteiger charge is -2.22. The first kappa shape index (κ1) is 21.9. The molecule has 1 heterocycles. The van der Waals surface area contributed by atoms with Gasteiger partial charge in [0.2, 0.25) is 0 Å². The summed E-state index contributed by atoms with van der Waals surface area (Å²) in [7, 11) is 0.